The predicted octanol–water partition coefficient (Wildman–Crippen LogP) is 1.89. The van der Waals surface area contributed by atoms with E-state index in [0.29, 0.717) is 11.3 Å². The number of carboxylic acids is 1. The maximum absolute atomic E-state index is 12.2. The number of rotatable bonds is 5. The number of aliphatic carboxylic acids is 1. The van der Waals surface area contributed by atoms with Gasteiger partial charge in [-0.15, -0.1) is 0 Å². The van der Waals surface area contributed by atoms with Gasteiger partial charge in [0, 0.05) is 17.7 Å². The molecule has 0 unspecified atom stereocenters. The van der Waals surface area contributed by atoms with E-state index in [4.69, 9.17) is 22.1 Å². The third-order valence-electron chi connectivity index (χ3n) is 2.88. The number of hydrogen-bond donors (Lipinski definition) is 1. The van der Waals surface area contributed by atoms with Crippen LogP contribution in [0, 0.1) is 10.1 Å². The van der Waals surface area contributed by atoms with Gasteiger partial charge in [-0.3, -0.25) is 24.6 Å². The van der Waals surface area contributed by atoms with E-state index in [1.54, 1.807) is 0 Å². The van der Waals surface area contributed by atoms with Crippen molar-refractivity contribution in [3.8, 4) is 5.75 Å². The van der Waals surface area contributed by atoms with Crippen LogP contribution >= 0.6 is 24.0 Å². The monoisotopic (exact) mass is 354 g/mol. The molecular weight excluding hydrogens is 344 g/mol. The Morgan fingerprint density at radius 2 is 2.26 bits per heavy atom. The van der Waals surface area contributed by atoms with Crippen molar-refractivity contribution in [1.82, 2.24) is 4.90 Å². The van der Waals surface area contributed by atoms with Crippen LogP contribution in [0.1, 0.15) is 5.56 Å². The minimum absolute atomic E-state index is 0.119. The summed E-state index contributed by atoms with van der Waals surface area (Å²) in [6.45, 7) is -0.534. The summed E-state index contributed by atoms with van der Waals surface area (Å²) < 4.78 is 5.23. The van der Waals surface area contributed by atoms with Gasteiger partial charge in [0.1, 0.15) is 16.6 Å². The molecule has 23 heavy (non-hydrogen) atoms. The largest absolute Gasteiger partial charge is 0.496 e. The number of nitro benzene ring substituents is 1. The zero-order valence-electron chi connectivity index (χ0n) is 11.7. The molecule has 2 rings (SSSR count). The molecule has 8 nitrogen and oxygen atoms in total. The fraction of sp³-hybridized carbons (Fsp3) is 0.154. The first-order chi connectivity index (χ1) is 10.8. The number of carbonyl (C=O) groups is 2. The highest BCUT2D eigenvalue weighted by molar-refractivity contribution is 8.26. The van der Waals surface area contributed by atoms with Crippen molar-refractivity contribution < 1.29 is 24.4 Å². The summed E-state index contributed by atoms with van der Waals surface area (Å²) in [5.74, 6) is -1.40. The van der Waals surface area contributed by atoms with Crippen molar-refractivity contribution in [2.24, 2.45) is 0 Å². The Kier molecular flexibility index (Phi) is 4.96. The van der Waals surface area contributed by atoms with Gasteiger partial charge in [-0.1, -0.05) is 24.0 Å². The van der Waals surface area contributed by atoms with Gasteiger partial charge in [-0.05, 0) is 12.1 Å². The lowest BCUT2D eigenvalue weighted by molar-refractivity contribution is -0.384. The molecule has 0 aromatic heterocycles. The van der Waals surface area contributed by atoms with E-state index in [2.05, 4.69) is 0 Å². The number of methoxy groups -OCH3 is 1. The van der Waals surface area contributed by atoms with Gasteiger partial charge in [-0.2, -0.15) is 0 Å². The van der Waals surface area contributed by atoms with Crippen molar-refractivity contribution in [2.45, 2.75) is 0 Å². The van der Waals surface area contributed by atoms with Crippen molar-refractivity contribution >= 4 is 51.9 Å². The van der Waals surface area contributed by atoms with Gasteiger partial charge in [0.2, 0.25) is 0 Å². The molecule has 1 saturated heterocycles. The lowest BCUT2D eigenvalue weighted by atomic mass is 10.1. The van der Waals surface area contributed by atoms with Crippen molar-refractivity contribution in [1.29, 1.82) is 0 Å². The molecule has 0 radical (unpaired) electrons. The summed E-state index contributed by atoms with van der Waals surface area (Å²) in [7, 11) is 1.40. The minimum Gasteiger partial charge on any atom is -0.496 e. The molecule has 120 valence electrons. The maximum atomic E-state index is 12.2. The van der Waals surface area contributed by atoms with Crippen LogP contribution in [0.4, 0.5) is 5.69 Å². The van der Waals surface area contributed by atoms with Gasteiger partial charge in [0.15, 0.2) is 0 Å². The Morgan fingerprint density at radius 3 is 2.83 bits per heavy atom. The molecular formula is C13H10N2O6S2. The number of benzene rings is 1. The fourth-order valence-corrected chi connectivity index (χ4v) is 3.11. The molecule has 1 aliphatic heterocycles. The lowest BCUT2D eigenvalue weighted by Gasteiger charge is -2.10. The second kappa shape index (κ2) is 6.75. The molecule has 1 N–H and O–H groups in total. The Labute approximate surface area is 139 Å². The Balaban J connectivity index is 2.40. The molecule has 0 spiro atoms. The van der Waals surface area contributed by atoms with Crippen molar-refractivity contribution in [3.63, 3.8) is 0 Å². The molecule has 0 saturated carbocycles. The highest BCUT2D eigenvalue weighted by atomic mass is 32.2. The van der Waals surface area contributed by atoms with Crippen LogP contribution in [0.3, 0.4) is 0 Å². The summed E-state index contributed by atoms with van der Waals surface area (Å²) in [6, 6.07) is 3.97. The van der Waals surface area contributed by atoms with Crippen LogP contribution in [0.15, 0.2) is 23.1 Å². The van der Waals surface area contributed by atoms with Gasteiger partial charge in [0.05, 0.1) is 16.9 Å². The highest BCUT2D eigenvalue weighted by Gasteiger charge is 2.33. The summed E-state index contributed by atoms with van der Waals surface area (Å²) in [4.78, 5) is 34.4. The van der Waals surface area contributed by atoms with Crippen LogP contribution in [0.25, 0.3) is 6.08 Å². The summed E-state index contributed by atoms with van der Waals surface area (Å²) in [5, 5.41) is 19.6. The lowest BCUT2D eigenvalue weighted by Crippen LogP contribution is -2.33. The number of carbonyl (C=O) groups excluding carboxylic acids is 1. The first-order valence-corrected chi connectivity index (χ1v) is 7.35. The SMILES string of the molecule is COc1ccc([N+](=O)[O-])cc1/C=C1/SC(=S)N(CC(=O)O)C1=O. The summed E-state index contributed by atoms with van der Waals surface area (Å²) in [6.07, 6.45) is 1.40. The van der Waals surface area contributed by atoms with Crippen LogP contribution in [0.2, 0.25) is 0 Å². The number of ether oxygens (including phenoxy) is 1. The third kappa shape index (κ3) is 3.66. The predicted molar refractivity (Wildman–Crippen MR) is 87.2 cm³/mol. The zero-order valence-corrected chi connectivity index (χ0v) is 13.3. The summed E-state index contributed by atoms with van der Waals surface area (Å²) >= 11 is 5.91. The van der Waals surface area contributed by atoms with Gasteiger partial charge in [-0.25, -0.2) is 0 Å². The van der Waals surface area contributed by atoms with Crippen molar-refractivity contribution in [3.05, 3.63) is 38.8 Å². The van der Waals surface area contributed by atoms with Gasteiger partial charge < -0.3 is 9.84 Å². The zero-order chi connectivity index (χ0) is 17.1. The second-order valence-corrected chi connectivity index (χ2v) is 6.02. The molecule has 0 bridgehead atoms. The molecule has 10 heteroatoms. The van der Waals surface area contributed by atoms with E-state index in [9.17, 15) is 19.7 Å². The molecule has 1 aromatic carbocycles. The number of thioether (sulfide) groups is 1. The molecule has 1 fully saturated rings. The Bertz CT molecular complexity index is 746. The number of nitrogens with zero attached hydrogens (tertiary/aromatic N) is 2. The van der Waals surface area contributed by atoms with Crippen LogP contribution < -0.4 is 4.74 Å². The van der Waals surface area contributed by atoms with Crippen LogP contribution in [0.5, 0.6) is 5.75 Å². The molecule has 0 aliphatic carbocycles. The first kappa shape index (κ1) is 16.9. The van der Waals surface area contributed by atoms with Gasteiger partial charge >= 0.3 is 5.97 Å². The van der Waals surface area contributed by atoms with Gasteiger partial charge in [0.25, 0.3) is 11.6 Å². The highest BCUT2D eigenvalue weighted by Crippen LogP contribution is 2.35. The number of thiocarbonyl (C=S) groups is 1. The average molecular weight is 354 g/mol. The van der Waals surface area contributed by atoms with E-state index in [1.165, 1.54) is 31.4 Å². The molecule has 1 aliphatic rings. The van der Waals surface area contributed by atoms with E-state index in [1.807, 2.05) is 0 Å². The maximum Gasteiger partial charge on any atom is 0.323 e. The first-order valence-electron chi connectivity index (χ1n) is 6.13. The van der Waals surface area contributed by atoms with E-state index >= 15 is 0 Å². The normalized spacial score (nSPS) is 16.0. The minimum atomic E-state index is -1.18. The molecule has 1 heterocycles. The van der Waals surface area contributed by atoms with Crippen LogP contribution in [-0.4, -0.2) is 44.8 Å². The second-order valence-electron chi connectivity index (χ2n) is 4.34. The third-order valence-corrected chi connectivity index (χ3v) is 4.26. The van der Waals surface area contributed by atoms with E-state index in [-0.39, 0.29) is 14.9 Å². The number of amides is 1. The number of hydrogen-bond acceptors (Lipinski definition) is 7. The quantitative estimate of drug-likeness (QED) is 0.369. The van der Waals surface area contributed by atoms with E-state index < -0.39 is 23.3 Å². The van der Waals surface area contributed by atoms with Crippen LogP contribution in [-0.2, 0) is 9.59 Å². The fourth-order valence-electron chi connectivity index (χ4n) is 1.86. The van der Waals surface area contributed by atoms with Crippen molar-refractivity contribution in [2.75, 3.05) is 13.7 Å². The number of nitro groups is 1. The topological polar surface area (TPSA) is 110 Å². The number of non-ortho nitro benzene ring substituents is 1. The standard InChI is InChI=1S/C13H10N2O6S2/c1-21-9-3-2-8(15(19)20)4-7(9)5-10-12(18)14(6-11(16)17)13(22)23-10/h2-5H,6H2,1H3,(H,16,17)/b10-5+. The number of carboxylic acid groups (broad SMARTS) is 1. The Morgan fingerprint density at radius 1 is 1.57 bits per heavy atom. The summed E-state index contributed by atoms with van der Waals surface area (Å²) in [5.41, 5.74) is 0.176. The molecule has 0 atom stereocenters. The smallest absolute Gasteiger partial charge is 0.323 e. The molecule has 1 amide bonds. The van der Waals surface area contributed by atoms with E-state index in [0.717, 1.165) is 16.7 Å². The average Bonchev–Trinajstić information content (AvgIpc) is 2.74. The molecule has 1 aromatic rings. The Hall–Kier alpha value is -2.46.